The monoisotopic (exact) mass is 577 g/mol. The number of nitrogens with zero attached hydrogens (tertiary/aromatic N) is 3. The molecule has 39 heavy (non-hydrogen) atoms. The Morgan fingerprint density at radius 3 is 2.77 bits per heavy atom. The van der Waals surface area contributed by atoms with Crippen LogP contribution >= 0.6 is 11.3 Å². The van der Waals surface area contributed by atoms with Crippen LogP contribution in [-0.4, -0.2) is 89.0 Å². The third-order valence-electron chi connectivity index (χ3n) is 5.73. The van der Waals surface area contributed by atoms with E-state index in [0.717, 1.165) is 0 Å². The van der Waals surface area contributed by atoms with E-state index in [9.17, 15) is 13.2 Å². The van der Waals surface area contributed by atoms with Gasteiger partial charge in [-0.1, -0.05) is 28.6 Å². The zero-order valence-corrected chi connectivity index (χ0v) is 23.3. The van der Waals surface area contributed by atoms with Crippen molar-refractivity contribution in [3.05, 3.63) is 42.1 Å². The van der Waals surface area contributed by atoms with Crippen molar-refractivity contribution in [1.82, 2.24) is 15.3 Å². The van der Waals surface area contributed by atoms with Gasteiger partial charge >= 0.3 is 0 Å². The van der Waals surface area contributed by atoms with E-state index in [0.29, 0.717) is 72.6 Å². The minimum absolute atomic E-state index is 0.0251. The van der Waals surface area contributed by atoms with Crippen LogP contribution in [0.3, 0.4) is 0 Å². The molecule has 3 aromatic rings. The Morgan fingerprint density at radius 1 is 1.23 bits per heavy atom. The number of aromatic nitrogens is 2. The highest BCUT2D eigenvalue weighted by Gasteiger charge is 2.23. The van der Waals surface area contributed by atoms with Gasteiger partial charge in [0.15, 0.2) is 26.8 Å². The van der Waals surface area contributed by atoms with Crippen molar-refractivity contribution in [2.24, 2.45) is 5.16 Å². The van der Waals surface area contributed by atoms with Gasteiger partial charge in [0.2, 0.25) is 0 Å². The van der Waals surface area contributed by atoms with Gasteiger partial charge in [0.25, 0.3) is 5.91 Å². The largest absolute Gasteiger partial charge is 0.490 e. The van der Waals surface area contributed by atoms with Crippen LogP contribution in [-0.2, 0) is 28.9 Å². The lowest BCUT2D eigenvalue weighted by atomic mass is 10.1. The van der Waals surface area contributed by atoms with Crippen LogP contribution in [0.25, 0.3) is 10.3 Å². The van der Waals surface area contributed by atoms with Crippen LogP contribution in [0.15, 0.2) is 46.6 Å². The Kier molecular flexibility index (Phi) is 10.2. The summed E-state index contributed by atoms with van der Waals surface area (Å²) < 4.78 is 41.3. The molecule has 12 nitrogen and oxygen atoms in total. The number of methoxy groups -OCH3 is 1. The highest BCUT2D eigenvalue weighted by atomic mass is 32.2. The van der Waals surface area contributed by atoms with Crippen LogP contribution in [0.5, 0.6) is 5.75 Å². The predicted molar refractivity (Wildman–Crippen MR) is 147 cm³/mol. The first kappa shape index (κ1) is 28.8. The maximum atomic E-state index is 13.4. The lowest BCUT2D eigenvalue weighted by Gasteiger charge is -2.10. The normalized spacial score (nSPS) is 15.9. The quantitative estimate of drug-likeness (QED) is 0.166. The average molecular weight is 578 g/mol. The summed E-state index contributed by atoms with van der Waals surface area (Å²) in [4.78, 5) is 28.5. The number of hydrogen-bond acceptors (Lipinski definition) is 12. The fraction of sp³-hybridized carbons (Fsp3) is 0.440. The Balaban J connectivity index is 1.55. The Bertz CT molecular complexity index is 1390. The van der Waals surface area contributed by atoms with Gasteiger partial charge in [0.1, 0.15) is 22.7 Å². The molecule has 1 aliphatic rings. The Labute approximate surface area is 230 Å². The zero-order chi connectivity index (χ0) is 27.7. The van der Waals surface area contributed by atoms with Gasteiger partial charge in [0.05, 0.1) is 23.9 Å². The number of hydrogen-bond donors (Lipinski definition) is 2. The summed E-state index contributed by atoms with van der Waals surface area (Å²) in [7, 11) is -0.139. The van der Waals surface area contributed by atoms with Crippen LogP contribution in [0.1, 0.15) is 18.4 Å². The number of thiazole rings is 1. The number of benzene rings is 1. The number of likely N-dealkylation sites (N-methyl/N-ethyl adjacent to an activating group) is 1. The van der Waals surface area contributed by atoms with Crippen molar-refractivity contribution in [3.63, 3.8) is 0 Å². The van der Waals surface area contributed by atoms with E-state index in [1.165, 1.54) is 42.7 Å². The fourth-order valence-corrected chi connectivity index (χ4v) is 5.79. The average Bonchev–Trinajstić information content (AvgIpc) is 3.59. The fourth-order valence-electron chi connectivity index (χ4n) is 3.68. The van der Waals surface area contributed by atoms with Gasteiger partial charge in [0, 0.05) is 44.5 Å². The SMILES string of the molecule is CNCCOc1ccnc2sc(NC(=O)/C(=N/O[C@@H]3CCOC3)c3ccc(S(=O)(=O)CCCOC)cc3)nc12. The van der Waals surface area contributed by atoms with E-state index in [2.05, 4.69) is 25.8 Å². The first-order valence-electron chi connectivity index (χ1n) is 12.4. The third-order valence-corrected chi connectivity index (χ3v) is 8.43. The third kappa shape index (κ3) is 7.70. The van der Waals surface area contributed by atoms with Crippen molar-refractivity contribution in [1.29, 1.82) is 0 Å². The first-order chi connectivity index (χ1) is 18.9. The number of carbonyl (C=O) groups excluding carboxylic acids is 1. The smallest absolute Gasteiger partial charge is 0.280 e. The zero-order valence-electron chi connectivity index (χ0n) is 21.7. The molecule has 0 aliphatic carbocycles. The predicted octanol–water partition coefficient (Wildman–Crippen LogP) is 2.25. The summed E-state index contributed by atoms with van der Waals surface area (Å²) >= 11 is 1.20. The number of nitrogens with one attached hydrogen (secondary N) is 2. The molecule has 1 saturated heterocycles. The van der Waals surface area contributed by atoms with Crippen LogP contribution in [0, 0.1) is 0 Å². The second-order valence-electron chi connectivity index (χ2n) is 8.61. The topological polar surface area (TPSA) is 150 Å². The summed E-state index contributed by atoms with van der Waals surface area (Å²) in [6.07, 6.45) is 2.37. The molecular formula is C25H31N5O7S2. The van der Waals surface area contributed by atoms with Crippen molar-refractivity contribution in [2.75, 3.05) is 58.2 Å². The van der Waals surface area contributed by atoms with Gasteiger partial charge in [-0.15, -0.1) is 0 Å². The Hall–Kier alpha value is -3.17. The lowest BCUT2D eigenvalue weighted by molar-refractivity contribution is -0.110. The second kappa shape index (κ2) is 13.8. The second-order valence-corrected chi connectivity index (χ2v) is 11.7. The van der Waals surface area contributed by atoms with Crippen LogP contribution in [0.2, 0.25) is 0 Å². The number of carbonyl (C=O) groups is 1. The number of pyridine rings is 1. The van der Waals surface area contributed by atoms with E-state index in [1.54, 1.807) is 12.3 Å². The molecule has 4 rings (SSSR count). The molecule has 1 atom stereocenters. The molecule has 0 unspecified atom stereocenters. The molecule has 14 heteroatoms. The molecule has 0 bridgehead atoms. The molecule has 2 N–H and O–H groups in total. The molecule has 210 valence electrons. The van der Waals surface area contributed by atoms with Crippen molar-refractivity contribution in [2.45, 2.75) is 23.8 Å². The van der Waals surface area contributed by atoms with Crippen molar-refractivity contribution < 1.29 is 32.3 Å². The molecule has 1 amide bonds. The summed E-state index contributed by atoms with van der Waals surface area (Å²) in [6, 6.07) is 7.69. The molecule has 0 spiro atoms. The van der Waals surface area contributed by atoms with Gasteiger partial charge in [-0.25, -0.2) is 18.4 Å². The summed E-state index contributed by atoms with van der Waals surface area (Å²) in [5, 5.41) is 10.2. The Morgan fingerprint density at radius 2 is 2.05 bits per heavy atom. The van der Waals surface area contributed by atoms with E-state index >= 15 is 0 Å². The number of anilines is 1. The van der Waals surface area contributed by atoms with E-state index in [1.807, 2.05) is 7.05 Å². The van der Waals surface area contributed by atoms with Crippen molar-refractivity contribution in [3.8, 4) is 5.75 Å². The highest BCUT2D eigenvalue weighted by molar-refractivity contribution is 7.91. The lowest BCUT2D eigenvalue weighted by Crippen LogP contribution is -2.25. The molecule has 1 aromatic carbocycles. The summed E-state index contributed by atoms with van der Waals surface area (Å²) in [6.45, 7) is 2.38. The minimum Gasteiger partial charge on any atom is -0.490 e. The number of rotatable bonds is 14. The molecule has 2 aromatic heterocycles. The molecular weight excluding hydrogens is 546 g/mol. The van der Waals surface area contributed by atoms with Crippen LogP contribution < -0.4 is 15.4 Å². The molecule has 1 fully saturated rings. The highest BCUT2D eigenvalue weighted by Crippen LogP contribution is 2.30. The number of ether oxygens (including phenoxy) is 3. The van der Waals surface area contributed by atoms with E-state index in [4.69, 9.17) is 19.0 Å². The number of fused-ring (bicyclic) bond motifs is 1. The van der Waals surface area contributed by atoms with Gasteiger partial charge in [-0.2, -0.15) is 0 Å². The van der Waals surface area contributed by atoms with E-state index < -0.39 is 15.7 Å². The van der Waals surface area contributed by atoms with Gasteiger partial charge in [-0.3, -0.25) is 10.1 Å². The molecule has 3 heterocycles. The maximum Gasteiger partial charge on any atom is 0.280 e. The van der Waals surface area contributed by atoms with Crippen molar-refractivity contribution >= 4 is 48.3 Å². The number of oxime groups is 1. The maximum absolute atomic E-state index is 13.4. The van der Waals surface area contributed by atoms with Gasteiger partial charge < -0.3 is 24.4 Å². The number of amides is 1. The molecule has 1 aliphatic heterocycles. The minimum atomic E-state index is -3.50. The number of sulfone groups is 1. The summed E-state index contributed by atoms with van der Waals surface area (Å²) in [5.74, 6) is -0.0484. The molecule has 0 saturated carbocycles. The standard InChI is InChI=1S/C25H31N5O7S2/c1-26-11-14-36-20-8-10-27-24-22(20)28-25(38-24)29-23(31)21(30-37-18-9-13-35-16-18)17-4-6-19(7-5-17)39(32,33)15-3-12-34-2/h4-8,10,18,26H,3,9,11-16H2,1-2H3,(H,28,29,31)/b30-21+/t18-/m1/s1. The van der Waals surface area contributed by atoms with Crippen LogP contribution in [0.4, 0.5) is 5.13 Å². The molecule has 0 radical (unpaired) electrons. The first-order valence-corrected chi connectivity index (χ1v) is 14.9. The van der Waals surface area contributed by atoms with E-state index in [-0.39, 0.29) is 22.5 Å². The van der Waals surface area contributed by atoms with Gasteiger partial charge in [-0.05, 0) is 25.6 Å². The summed E-state index contributed by atoms with van der Waals surface area (Å²) in [5.41, 5.74) is 0.898.